The highest BCUT2D eigenvalue weighted by Crippen LogP contribution is 2.27. The minimum Gasteiger partial charge on any atom is -0.493 e. The lowest BCUT2D eigenvalue weighted by molar-refractivity contribution is -0.121. The van der Waals surface area contributed by atoms with E-state index in [0.29, 0.717) is 37.3 Å². The molecule has 2 aromatic heterocycles. The Balaban J connectivity index is 1.47. The number of carbonyl (C=O) groups excluding carboxylic acids is 1. The number of nitrogens with zero attached hydrogens (tertiary/aromatic N) is 3. The van der Waals surface area contributed by atoms with Crippen LogP contribution in [0.4, 0.5) is 0 Å². The Bertz CT molecular complexity index is 891. The normalized spacial score (nSPS) is 10.7. The van der Waals surface area contributed by atoms with Gasteiger partial charge in [0.2, 0.25) is 5.91 Å². The lowest BCUT2D eigenvalue weighted by Crippen LogP contribution is -2.26. The molecule has 136 valence electrons. The van der Waals surface area contributed by atoms with E-state index in [4.69, 9.17) is 9.47 Å². The summed E-state index contributed by atoms with van der Waals surface area (Å²) in [6, 6.07) is 11.4. The first-order valence-electron chi connectivity index (χ1n) is 8.47. The van der Waals surface area contributed by atoms with Crippen LogP contribution in [0.2, 0.25) is 0 Å². The Kier molecular flexibility index (Phi) is 5.68. The molecule has 0 radical (unpaired) electrons. The topological polar surface area (TPSA) is 77.8 Å². The van der Waals surface area contributed by atoms with E-state index in [-0.39, 0.29) is 5.91 Å². The van der Waals surface area contributed by atoms with Crippen molar-refractivity contribution in [1.82, 2.24) is 19.9 Å². The van der Waals surface area contributed by atoms with Crippen molar-refractivity contribution in [3.63, 3.8) is 0 Å². The maximum Gasteiger partial charge on any atom is 0.220 e. The molecule has 3 aromatic rings. The standard InChI is InChI=1S/C19H22N4O3/c1-25-15-8-6-14(13-16(15)26-2)7-9-19(24)20-11-10-18-22-21-17-5-3-4-12-23(17)18/h3-6,8,12-13H,7,9-11H2,1-2H3,(H,20,24). The molecule has 3 rings (SSSR count). The Hall–Kier alpha value is -3.09. The summed E-state index contributed by atoms with van der Waals surface area (Å²) in [5, 5.41) is 11.2. The summed E-state index contributed by atoms with van der Waals surface area (Å²) in [5.74, 6) is 2.19. The van der Waals surface area contributed by atoms with E-state index in [1.807, 2.05) is 47.0 Å². The molecule has 0 aliphatic rings. The van der Waals surface area contributed by atoms with Gasteiger partial charge < -0.3 is 14.8 Å². The van der Waals surface area contributed by atoms with Crippen LogP contribution in [0, 0.1) is 0 Å². The highest BCUT2D eigenvalue weighted by Gasteiger charge is 2.08. The number of hydrogen-bond acceptors (Lipinski definition) is 5. The molecule has 0 spiro atoms. The maximum atomic E-state index is 12.1. The number of nitrogens with one attached hydrogen (secondary N) is 1. The molecule has 0 atom stereocenters. The van der Waals surface area contributed by atoms with E-state index in [1.165, 1.54) is 0 Å². The molecule has 1 N–H and O–H groups in total. The van der Waals surface area contributed by atoms with E-state index in [1.54, 1.807) is 14.2 Å². The molecule has 7 heteroatoms. The molecule has 0 fully saturated rings. The molecule has 0 aliphatic heterocycles. The molecule has 0 saturated heterocycles. The number of aromatic nitrogens is 3. The van der Waals surface area contributed by atoms with Crippen molar-refractivity contribution < 1.29 is 14.3 Å². The molecule has 0 unspecified atom stereocenters. The number of rotatable bonds is 8. The number of pyridine rings is 1. The fourth-order valence-electron chi connectivity index (χ4n) is 2.76. The minimum absolute atomic E-state index is 0.00797. The maximum absolute atomic E-state index is 12.1. The van der Waals surface area contributed by atoms with Gasteiger partial charge in [0, 0.05) is 25.6 Å². The first-order chi connectivity index (χ1) is 12.7. The molecule has 0 saturated carbocycles. The summed E-state index contributed by atoms with van der Waals surface area (Å²) in [7, 11) is 3.20. The lowest BCUT2D eigenvalue weighted by Gasteiger charge is -2.09. The Morgan fingerprint density at radius 1 is 1.08 bits per heavy atom. The van der Waals surface area contributed by atoms with Crippen LogP contribution in [-0.2, 0) is 17.6 Å². The largest absolute Gasteiger partial charge is 0.493 e. The third kappa shape index (κ3) is 4.11. The first kappa shape index (κ1) is 17.7. The number of methoxy groups -OCH3 is 2. The minimum atomic E-state index is 0.00797. The summed E-state index contributed by atoms with van der Waals surface area (Å²) < 4.78 is 12.4. The highest BCUT2D eigenvalue weighted by atomic mass is 16.5. The van der Waals surface area contributed by atoms with Gasteiger partial charge in [0.15, 0.2) is 17.1 Å². The summed E-state index contributed by atoms with van der Waals surface area (Å²) in [6.07, 6.45) is 3.60. The summed E-state index contributed by atoms with van der Waals surface area (Å²) >= 11 is 0. The Morgan fingerprint density at radius 2 is 1.92 bits per heavy atom. The van der Waals surface area contributed by atoms with Gasteiger partial charge in [-0.1, -0.05) is 12.1 Å². The summed E-state index contributed by atoms with van der Waals surface area (Å²) in [4.78, 5) is 12.1. The van der Waals surface area contributed by atoms with Crippen LogP contribution in [0.1, 0.15) is 17.8 Å². The fourth-order valence-corrected chi connectivity index (χ4v) is 2.76. The van der Waals surface area contributed by atoms with Crippen LogP contribution in [0.3, 0.4) is 0 Å². The third-order valence-electron chi connectivity index (χ3n) is 4.14. The molecule has 26 heavy (non-hydrogen) atoms. The molecule has 7 nitrogen and oxygen atoms in total. The van der Waals surface area contributed by atoms with E-state index < -0.39 is 0 Å². The number of benzene rings is 1. The van der Waals surface area contributed by atoms with Gasteiger partial charge in [-0.05, 0) is 36.2 Å². The van der Waals surface area contributed by atoms with Crippen molar-refractivity contribution >= 4 is 11.6 Å². The van der Waals surface area contributed by atoms with Crippen molar-refractivity contribution in [2.24, 2.45) is 0 Å². The van der Waals surface area contributed by atoms with Gasteiger partial charge in [0.1, 0.15) is 5.82 Å². The Labute approximate surface area is 152 Å². The molecule has 2 heterocycles. The van der Waals surface area contributed by atoms with Crippen molar-refractivity contribution in [3.05, 3.63) is 54.0 Å². The van der Waals surface area contributed by atoms with Crippen LogP contribution in [0.5, 0.6) is 11.5 Å². The van der Waals surface area contributed by atoms with Crippen LogP contribution in [0.25, 0.3) is 5.65 Å². The number of hydrogen-bond donors (Lipinski definition) is 1. The second kappa shape index (κ2) is 8.33. The van der Waals surface area contributed by atoms with Gasteiger partial charge in [0.05, 0.1) is 14.2 Å². The van der Waals surface area contributed by atoms with Crippen LogP contribution in [-0.4, -0.2) is 41.3 Å². The van der Waals surface area contributed by atoms with E-state index in [0.717, 1.165) is 17.0 Å². The zero-order valence-electron chi connectivity index (χ0n) is 14.9. The Morgan fingerprint density at radius 3 is 2.73 bits per heavy atom. The summed E-state index contributed by atoms with van der Waals surface area (Å²) in [5.41, 5.74) is 1.84. The van der Waals surface area contributed by atoms with E-state index in [2.05, 4.69) is 15.5 Å². The van der Waals surface area contributed by atoms with Gasteiger partial charge in [0.25, 0.3) is 0 Å². The predicted molar refractivity (Wildman–Crippen MR) is 97.6 cm³/mol. The van der Waals surface area contributed by atoms with Gasteiger partial charge in [-0.15, -0.1) is 10.2 Å². The van der Waals surface area contributed by atoms with Crippen molar-refractivity contribution in [1.29, 1.82) is 0 Å². The van der Waals surface area contributed by atoms with Crippen molar-refractivity contribution in [2.75, 3.05) is 20.8 Å². The zero-order chi connectivity index (χ0) is 18.4. The monoisotopic (exact) mass is 354 g/mol. The molecule has 1 amide bonds. The molecule has 0 bridgehead atoms. The predicted octanol–water partition coefficient (Wildman–Crippen LogP) is 2.04. The highest BCUT2D eigenvalue weighted by molar-refractivity contribution is 5.76. The van der Waals surface area contributed by atoms with E-state index in [9.17, 15) is 4.79 Å². The summed E-state index contributed by atoms with van der Waals surface area (Å²) in [6.45, 7) is 0.528. The number of ether oxygens (including phenoxy) is 2. The number of amides is 1. The van der Waals surface area contributed by atoms with E-state index >= 15 is 0 Å². The number of aryl methyl sites for hydroxylation is 1. The van der Waals surface area contributed by atoms with Crippen LogP contribution in [0.15, 0.2) is 42.6 Å². The fraction of sp³-hybridized carbons (Fsp3) is 0.316. The molecule has 0 aliphatic carbocycles. The van der Waals surface area contributed by atoms with Crippen molar-refractivity contribution in [2.45, 2.75) is 19.3 Å². The average molecular weight is 354 g/mol. The quantitative estimate of drug-likeness (QED) is 0.670. The molecule has 1 aromatic carbocycles. The average Bonchev–Trinajstić information content (AvgIpc) is 3.09. The number of carbonyl (C=O) groups is 1. The van der Waals surface area contributed by atoms with Crippen molar-refractivity contribution in [3.8, 4) is 11.5 Å². The first-order valence-corrected chi connectivity index (χ1v) is 8.47. The number of fused-ring (bicyclic) bond motifs is 1. The second-order valence-corrected chi connectivity index (χ2v) is 5.83. The smallest absolute Gasteiger partial charge is 0.220 e. The van der Waals surface area contributed by atoms with Gasteiger partial charge in [-0.2, -0.15) is 0 Å². The lowest BCUT2D eigenvalue weighted by atomic mass is 10.1. The third-order valence-corrected chi connectivity index (χ3v) is 4.14. The van der Waals surface area contributed by atoms with Gasteiger partial charge in [-0.25, -0.2) is 0 Å². The molecular weight excluding hydrogens is 332 g/mol. The van der Waals surface area contributed by atoms with Crippen LogP contribution >= 0.6 is 0 Å². The van der Waals surface area contributed by atoms with Crippen LogP contribution < -0.4 is 14.8 Å². The SMILES string of the molecule is COc1ccc(CCC(=O)NCCc2nnc3ccccn23)cc1OC. The molecular formula is C19H22N4O3. The second-order valence-electron chi connectivity index (χ2n) is 5.83. The van der Waals surface area contributed by atoms with Gasteiger partial charge >= 0.3 is 0 Å². The zero-order valence-corrected chi connectivity index (χ0v) is 14.9. The van der Waals surface area contributed by atoms with Gasteiger partial charge in [-0.3, -0.25) is 9.20 Å².